The maximum absolute atomic E-state index is 4.40. The lowest BCUT2D eigenvalue weighted by Gasteiger charge is -2.10. The van der Waals surface area contributed by atoms with Gasteiger partial charge in [0.15, 0.2) is 5.96 Å². The van der Waals surface area contributed by atoms with Gasteiger partial charge in [0, 0.05) is 14.1 Å². The molecule has 0 saturated carbocycles. The lowest BCUT2D eigenvalue weighted by Crippen LogP contribution is -2.37. The normalized spacial score (nSPS) is 11.5. The number of nitrogens with zero attached hydrogens (tertiary/aromatic N) is 5. The number of aliphatic imine (C=N–C) groups is 1. The van der Waals surface area contributed by atoms with Gasteiger partial charge in [0.2, 0.25) is 0 Å². The van der Waals surface area contributed by atoms with Crippen molar-refractivity contribution < 1.29 is 0 Å². The summed E-state index contributed by atoms with van der Waals surface area (Å²) in [5.74, 6) is 2.36. The highest BCUT2D eigenvalue weighted by Gasteiger charge is 2.05. The average Bonchev–Trinajstić information content (AvgIpc) is 3.25. The molecule has 2 aromatic heterocycles. The minimum atomic E-state index is 0.545. The van der Waals surface area contributed by atoms with Crippen LogP contribution >= 0.6 is 0 Å². The number of H-pyrrole nitrogens is 1. The number of aromatic amines is 1. The number of hydrogen-bond donors (Lipinski definition) is 3. The summed E-state index contributed by atoms with van der Waals surface area (Å²) in [4.78, 5) is 16.1. The number of guanidine groups is 1. The Labute approximate surface area is 140 Å². The summed E-state index contributed by atoms with van der Waals surface area (Å²) in [6, 6.07) is 10.1. The molecule has 0 unspecified atom stereocenters. The zero-order valence-electron chi connectivity index (χ0n) is 13.7. The first-order valence-corrected chi connectivity index (χ1v) is 7.63. The monoisotopic (exact) mass is 324 g/mol. The molecular weight excluding hydrogens is 304 g/mol. The molecular formula is C16H20N8. The number of imidazole rings is 1. The van der Waals surface area contributed by atoms with E-state index in [1.165, 1.54) is 6.33 Å². The van der Waals surface area contributed by atoms with Crippen molar-refractivity contribution in [3.63, 3.8) is 0 Å². The first kappa shape index (κ1) is 15.7. The van der Waals surface area contributed by atoms with E-state index in [0.29, 0.717) is 19.0 Å². The topological polar surface area (TPSA) is 95.8 Å². The maximum atomic E-state index is 4.40. The average molecular weight is 324 g/mol. The van der Waals surface area contributed by atoms with Gasteiger partial charge >= 0.3 is 0 Å². The van der Waals surface area contributed by atoms with E-state index in [-0.39, 0.29) is 0 Å². The van der Waals surface area contributed by atoms with Crippen molar-refractivity contribution in [3.8, 4) is 11.3 Å². The van der Waals surface area contributed by atoms with Crippen molar-refractivity contribution in [1.82, 2.24) is 35.4 Å². The van der Waals surface area contributed by atoms with E-state index in [4.69, 9.17) is 0 Å². The van der Waals surface area contributed by atoms with E-state index in [0.717, 1.165) is 22.9 Å². The van der Waals surface area contributed by atoms with Crippen LogP contribution in [0.2, 0.25) is 0 Å². The summed E-state index contributed by atoms with van der Waals surface area (Å²) in [5, 5.41) is 10.5. The summed E-state index contributed by atoms with van der Waals surface area (Å²) >= 11 is 0. The fourth-order valence-electron chi connectivity index (χ4n) is 2.25. The molecule has 24 heavy (non-hydrogen) atoms. The van der Waals surface area contributed by atoms with Crippen LogP contribution in [0.3, 0.4) is 0 Å². The molecule has 8 heteroatoms. The molecule has 124 valence electrons. The first-order chi connectivity index (χ1) is 11.8. The Morgan fingerprint density at radius 3 is 2.67 bits per heavy atom. The van der Waals surface area contributed by atoms with E-state index in [2.05, 4.69) is 35.7 Å². The van der Waals surface area contributed by atoms with Crippen LogP contribution in [0.4, 0.5) is 0 Å². The first-order valence-electron chi connectivity index (χ1n) is 7.63. The van der Waals surface area contributed by atoms with Gasteiger partial charge in [0.25, 0.3) is 0 Å². The zero-order chi connectivity index (χ0) is 16.8. The number of aromatic nitrogens is 5. The van der Waals surface area contributed by atoms with Gasteiger partial charge in [-0.15, -0.1) is 0 Å². The third-order valence-corrected chi connectivity index (χ3v) is 3.58. The molecule has 2 heterocycles. The van der Waals surface area contributed by atoms with Crippen molar-refractivity contribution in [2.45, 2.75) is 13.1 Å². The molecule has 3 rings (SSSR count). The van der Waals surface area contributed by atoms with E-state index < -0.39 is 0 Å². The van der Waals surface area contributed by atoms with Gasteiger partial charge in [-0.2, -0.15) is 5.10 Å². The summed E-state index contributed by atoms with van der Waals surface area (Å²) in [7, 11) is 3.58. The smallest absolute Gasteiger partial charge is 0.191 e. The van der Waals surface area contributed by atoms with E-state index >= 15 is 0 Å². The number of benzene rings is 1. The Morgan fingerprint density at radius 1 is 1.17 bits per heavy atom. The van der Waals surface area contributed by atoms with Crippen LogP contribution in [-0.4, -0.2) is 37.7 Å². The van der Waals surface area contributed by atoms with Crippen LogP contribution in [0, 0.1) is 0 Å². The second kappa shape index (κ2) is 7.40. The molecule has 0 aliphatic carbocycles. The Balaban J connectivity index is 1.54. The predicted octanol–water partition coefficient (Wildman–Crippen LogP) is 1.07. The van der Waals surface area contributed by atoms with E-state index in [1.807, 2.05) is 43.6 Å². The molecule has 0 aliphatic heterocycles. The van der Waals surface area contributed by atoms with Gasteiger partial charge in [-0.05, 0) is 5.56 Å². The summed E-state index contributed by atoms with van der Waals surface area (Å²) in [5.41, 5.74) is 2.11. The molecule has 0 atom stereocenters. The third kappa shape index (κ3) is 3.78. The molecule has 3 N–H and O–H groups in total. The van der Waals surface area contributed by atoms with Crippen molar-refractivity contribution in [1.29, 1.82) is 0 Å². The maximum Gasteiger partial charge on any atom is 0.191 e. The second-order valence-corrected chi connectivity index (χ2v) is 5.19. The standard InChI is InChI=1S/C16H20N8/c1-17-16(20-10-15-21-11-22-24(15)2)19-9-14-18-8-13(23-14)12-6-4-3-5-7-12/h3-8,11H,9-10H2,1-2H3,(H,18,23)(H2,17,19,20). The van der Waals surface area contributed by atoms with Crippen molar-refractivity contribution >= 4 is 5.96 Å². The third-order valence-electron chi connectivity index (χ3n) is 3.58. The number of hydrogen-bond acceptors (Lipinski definition) is 4. The van der Waals surface area contributed by atoms with E-state index in [1.54, 1.807) is 11.7 Å². The highest BCUT2D eigenvalue weighted by Crippen LogP contribution is 2.15. The SMILES string of the molecule is CN=C(NCc1ncc(-c2ccccc2)[nH]1)NCc1ncnn1C. The summed E-state index contributed by atoms with van der Waals surface area (Å²) < 4.78 is 1.72. The molecule has 0 amide bonds. The summed E-state index contributed by atoms with van der Waals surface area (Å²) in [6.45, 7) is 1.09. The van der Waals surface area contributed by atoms with Crippen molar-refractivity contribution in [2.24, 2.45) is 12.0 Å². The predicted molar refractivity (Wildman–Crippen MR) is 92.1 cm³/mol. The largest absolute Gasteiger partial charge is 0.349 e. The minimum Gasteiger partial charge on any atom is -0.349 e. The molecule has 1 aromatic carbocycles. The van der Waals surface area contributed by atoms with E-state index in [9.17, 15) is 0 Å². The fourth-order valence-corrected chi connectivity index (χ4v) is 2.25. The highest BCUT2D eigenvalue weighted by molar-refractivity contribution is 5.79. The molecule has 0 saturated heterocycles. The fraction of sp³-hybridized carbons (Fsp3) is 0.250. The lowest BCUT2D eigenvalue weighted by molar-refractivity contribution is 0.671. The van der Waals surface area contributed by atoms with Crippen LogP contribution in [0.1, 0.15) is 11.6 Å². The molecule has 8 nitrogen and oxygen atoms in total. The number of nitrogens with one attached hydrogen (secondary N) is 3. The Morgan fingerprint density at radius 2 is 1.96 bits per heavy atom. The van der Waals surface area contributed by atoms with Crippen LogP contribution in [0.15, 0.2) is 47.8 Å². The van der Waals surface area contributed by atoms with Gasteiger partial charge in [-0.1, -0.05) is 30.3 Å². The minimum absolute atomic E-state index is 0.545. The molecule has 0 aliphatic rings. The molecule has 0 fully saturated rings. The number of aryl methyl sites for hydroxylation is 1. The van der Waals surface area contributed by atoms with Gasteiger partial charge in [-0.3, -0.25) is 9.67 Å². The van der Waals surface area contributed by atoms with Gasteiger partial charge in [0.05, 0.1) is 25.0 Å². The van der Waals surface area contributed by atoms with Gasteiger partial charge < -0.3 is 15.6 Å². The Hall–Kier alpha value is -3.16. The second-order valence-electron chi connectivity index (χ2n) is 5.19. The van der Waals surface area contributed by atoms with Crippen LogP contribution in [0.25, 0.3) is 11.3 Å². The van der Waals surface area contributed by atoms with Crippen LogP contribution < -0.4 is 10.6 Å². The van der Waals surface area contributed by atoms with Crippen LogP contribution in [0.5, 0.6) is 0 Å². The molecule has 0 bridgehead atoms. The van der Waals surface area contributed by atoms with Gasteiger partial charge in [0.1, 0.15) is 18.0 Å². The van der Waals surface area contributed by atoms with Gasteiger partial charge in [-0.25, -0.2) is 9.97 Å². The van der Waals surface area contributed by atoms with Crippen molar-refractivity contribution in [2.75, 3.05) is 7.05 Å². The van der Waals surface area contributed by atoms with Crippen LogP contribution in [-0.2, 0) is 20.1 Å². The quantitative estimate of drug-likeness (QED) is 0.482. The highest BCUT2D eigenvalue weighted by atomic mass is 15.3. The molecule has 0 spiro atoms. The number of rotatable bonds is 5. The Kier molecular flexibility index (Phi) is 4.85. The van der Waals surface area contributed by atoms with Crippen molar-refractivity contribution in [3.05, 3.63) is 54.5 Å². The zero-order valence-corrected chi connectivity index (χ0v) is 13.7. The summed E-state index contributed by atoms with van der Waals surface area (Å²) in [6.07, 6.45) is 3.36. The lowest BCUT2D eigenvalue weighted by atomic mass is 10.2. The molecule has 3 aromatic rings. The Bertz CT molecular complexity index is 802. The molecule has 0 radical (unpaired) electrons.